The highest BCUT2D eigenvalue weighted by Crippen LogP contribution is 2.18. The quantitative estimate of drug-likeness (QED) is 0.734. The van der Waals surface area contributed by atoms with E-state index in [9.17, 15) is 9.59 Å². The minimum absolute atomic E-state index is 0.0279. The van der Waals surface area contributed by atoms with Gasteiger partial charge in [0.05, 0.1) is 19.1 Å². The minimum Gasteiger partial charge on any atom is -0.383 e. The lowest BCUT2D eigenvalue weighted by molar-refractivity contribution is -0.140. The number of thiophene rings is 1. The molecule has 8 heteroatoms. The van der Waals surface area contributed by atoms with Gasteiger partial charge in [-0.25, -0.2) is 0 Å². The third-order valence-corrected chi connectivity index (χ3v) is 5.95. The Labute approximate surface area is 158 Å². The van der Waals surface area contributed by atoms with Crippen molar-refractivity contribution in [1.29, 1.82) is 0 Å². The molecule has 0 bridgehead atoms. The van der Waals surface area contributed by atoms with Gasteiger partial charge in [0, 0.05) is 64.3 Å². The van der Waals surface area contributed by atoms with E-state index in [-0.39, 0.29) is 24.3 Å². The maximum absolute atomic E-state index is 12.8. The van der Waals surface area contributed by atoms with Crippen LogP contribution in [0.2, 0.25) is 0 Å². The molecule has 2 aliphatic heterocycles. The number of nitrogens with zero attached hydrogens (tertiary/aromatic N) is 3. The van der Waals surface area contributed by atoms with E-state index in [0.717, 1.165) is 45.8 Å². The molecular formula is C18H28N4O3S. The van der Waals surface area contributed by atoms with Gasteiger partial charge in [0.1, 0.15) is 0 Å². The molecule has 1 N–H and O–H groups in total. The first-order chi connectivity index (χ1) is 12.7. The van der Waals surface area contributed by atoms with Gasteiger partial charge < -0.3 is 15.0 Å². The van der Waals surface area contributed by atoms with Crippen LogP contribution in [0.4, 0.5) is 0 Å². The number of hydrogen-bond donors (Lipinski definition) is 1. The molecule has 2 aliphatic rings. The molecule has 1 aromatic heterocycles. The molecule has 0 radical (unpaired) electrons. The zero-order chi connectivity index (χ0) is 18.4. The Hall–Kier alpha value is -1.48. The van der Waals surface area contributed by atoms with E-state index in [1.807, 2.05) is 16.3 Å². The number of piperazine rings is 2. The summed E-state index contributed by atoms with van der Waals surface area (Å²) in [6, 6.07) is 3.73. The molecule has 0 saturated carbocycles. The summed E-state index contributed by atoms with van der Waals surface area (Å²) in [5, 5.41) is 4.95. The lowest BCUT2D eigenvalue weighted by Gasteiger charge is -2.38. The molecule has 2 saturated heterocycles. The Bertz CT molecular complexity index is 587. The number of hydrogen-bond acceptors (Lipinski definition) is 6. The van der Waals surface area contributed by atoms with Crippen LogP contribution in [-0.4, -0.2) is 92.1 Å². The first kappa shape index (κ1) is 19.3. The zero-order valence-electron chi connectivity index (χ0n) is 15.4. The number of nitrogens with one attached hydrogen (secondary N) is 1. The Morgan fingerprint density at radius 1 is 1.31 bits per heavy atom. The van der Waals surface area contributed by atoms with E-state index in [1.54, 1.807) is 18.4 Å². The summed E-state index contributed by atoms with van der Waals surface area (Å²) in [6.45, 7) is 6.96. The van der Waals surface area contributed by atoms with Gasteiger partial charge in [-0.1, -0.05) is 6.07 Å². The second-order valence-electron chi connectivity index (χ2n) is 6.78. The van der Waals surface area contributed by atoms with Crippen LogP contribution in [-0.2, 0) is 20.9 Å². The lowest BCUT2D eigenvalue weighted by Crippen LogP contribution is -2.57. The highest BCUT2D eigenvalue weighted by molar-refractivity contribution is 7.09. The summed E-state index contributed by atoms with van der Waals surface area (Å²) in [6.07, 6.45) is 0.259. The minimum atomic E-state index is -0.370. The number of carbonyl (C=O) groups is 2. The Balaban J connectivity index is 1.53. The van der Waals surface area contributed by atoms with Crippen LogP contribution in [0.5, 0.6) is 0 Å². The van der Waals surface area contributed by atoms with Crippen molar-refractivity contribution >= 4 is 23.2 Å². The van der Waals surface area contributed by atoms with E-state index < -0.39 is 0 Å². The lowest BCUT2D eigenvalue weighted by atomic mass is 10.1. The van der Waals surface area contributed by atoms with Crippen LogP contribution in [0.1, 0.15) is 11.3 Å². The molecule has 0 spiro atoms. The molecule has 2 amide bonds. The van der Waals surface area contributed by atoms with Gasteiger partial charge in [0.2, 0.25) is 11.8 Å². The summed E-state index contributed by atoms with van der Waals surface area (Å²) in [5.41, 5.74) is 0. The topological polar surface area (TPSA) is 65.1 Å². The molecule has 1 atom stereocenters. The molecule has 2 fully saturated rings. The number of amides is 2. The van der Waals surface area contributed by atoms with Crippen LogP contribution in [0.3, 0.4) is 0 Å². The van der Waals surface area contributed by atoms with Crippen molar-refractivity contribution in [1.82, 2.24) is 20.0 Å². The molecule has 0 unspecified atom stereocenters. The molecule has 7 nitrogen and oxygen atoms in total. The van der Waals surface area contributed by atoms with Gasteiger partial charge in [-0.3, -0.25) is 19.4 Å². The van der Waals surface area contributed by atoms with Crippen LogP contribution in [0.25, 0.3) is 0 Å². The van der Waals surface area contributed by atoms with E-state index >= 15 is 0 Å². The fourth-order valence-electron chi connectivity index (χ4n) is 3.51. The SMILES string of the molecule is COCCN1CCN(C(=O)C[C@@H]2C(=O)NCCN2Cc2cccs2)CC1. The smallest absolute Gasteiger partial charge is 0.237 e. The molecule has 0 aliphatic carbocycles. The Kier molecular flexibility index (Phi) is 7.01. The average molecular weight is 381 g/mol. The average Bonchev–Trinajstić information content (AvgIpc) is 3.16. The van der Waals surface area contributed by atoms with E-state index in [1.165, 1.54) is 4.88 Å². The van der Waals surface area contributed by atoms with E-state index in [2.05, 4.69) is 21.2 Å². The molecule has 0 aromatic carbocycles. The summed E-state index contributed by atoms with van der Waals surface area (Å²) in [7, 11) is 1.71. The van der Waals surface area contributed by atoms with Gasteiger partial charge >= 0.3 is 0 Å². The summed E-state index contributed by atoms with van der Waals surface area (Å²) >= 11 is 1.69. The largest absolute Gasteiger partial charge is 0.383 e. The van der Waals surface area contributed by atoms with Crippen molar-refractivity contribution in [2.24, 2.45) is 0 Å². The third kappa shape index (κ3) is 5.03. The summed E-state index contributed by atoms with van der Waals surface area (Å²) < 4.78 is 5.11. The monoisotopic (exact) mass is 380 g/mol. The van der Waals surface area contributed by atoms with Crippen molar-refractivity contribution in [3.8, 4) is 0 Å². The van der Waals surface area contributed by atoms with Gasteiger partial charge in [-0.05, 0) is 11.4 Å². The van der Waals surface area contributed by atoms with Crippen LogP contribution in [0, 0.1) is 0 Å². The van der Waals surface area contributed by atoms with Gasteiger partial charge in [-0.2, -0.15) is 0 Å². The fourth-order valence-corrected chi connectivity index (χ4v) is 4.24. The molecule has 1 aromatic rings. The van der Waals surface area contributed by atoms with Crippen molar-refractivity contribution in [2.45, 2.75) is 19.0 Å². The highest BCUT2D eigenvalue weighted by atomic mass is 32.1. The maximum Gasteiger partial charge on any atom is 0.237 e. The van der Waals surface area contributed by atoms with Gasteiger partial charge in [0.25, 0.3) is 0 Å². The normalized spacial score (nSPS) is 22.4. The van der Waals surface area contributed by atoms with Gasteiger partial charge in [0.15, 0.2) is 0 Å². The second kappa shape index (κ2) is 9.45. The third-order valence-electron chi connectivity index (χ3n) is 5.09. The van der Waals surface area contributed by atoms with E-state index in [0.29, 0.717) is 13.2 Å². The van der Waals surface area contributed by atoms with Crippen molar-refractivity contribution in [3.63, 3.8) is 0 Å². The Morgan fingerprint density at radius 2 is 2.12 bits per heavy atom. The number of ether oxygens (including phenoxy) is 1. The van der Waals surface area contributed by atoms with Crippen molar-refractivity contribution in [2.75, 3.05) is 59.5 Å². The standard InChI is InChI=1S/C18H28N4O3S/c1-25-11-10-20-6-8-21(9-7-20)17(23)13-16-18(24)19-4-5-22(16)14-15-3-2-12-26-15/h2-3,12,16H,4-11,13-14H2,1H3,(H,19,24)/t16-/m1/s1. The zero-order valence-corrected chi connectivity index (χ0v) is 16.2. The Morgan fingerprint density at radius 3 is 2.81 bits per heavy atom. The van der Waals surface area contributed by atoms with Gasteiger partial charge in [-0.15, -0.1) is 11.3 Å². The summed E-state index contributed by atoms with van der Waals surface area (Å²) in [5.74, 6) is 0.0505. The van der Waals surface area contributed by atoms with Crippen LogP contribution in [0.15, 0.2) is 17.5 Å². The maximum atomic E-state index is 12.8. The van der Waals surface area contributed by atoms with Crippen LogP contribution < -0.4 is 5.32 Å². The number of carbonyl (C=O) groups excluding carboxylic acids is 2. The molecule has 144 valence electrons. The number of rotatable bonds is 7. The fraction of sp³-hybridized carbons (Fsp3) is 0.667. The molecule has 26 heavy (non-hydrogen) atoms. The molecule has 3 rings (SSSR count). The predicted octanol–water partition coefficient (Wildman–Crippen LogP) is 0.229. The highest BCUT2D eigenvalue weighted by Gasteiger charge is 2.33. The predicted molar refractivity (Wildman–Crippen MR) is 101 cm³/mol. The molecule has 3 heterocycles. The van der Waals surface area contributed by atoms with Crippen LogP contribution >= 0.6 is 11.3 Å². The van der Waals surface area contributed by atoms with E-state index in [4.69, 9.17) is 4.74 Å². The summed E-state index contributed by atoms with van der Waals surface area (Å²) in [4.78, 5) is 32.7. The second-order valence-corrected chi connectivity index (χ2v) is 7.81. The van der Waals surface area contributed by atoms with Crippen molar-refractivity contribution in [3.05, 3.63) is 22.4 Å². The van der Waals surface area contributed by atoms with Crippen molar-refractivity contribution < 1.29 is 14.3 Å². The first-order valence-corrected chi connectivity index (χ1v) is 10.1. The first-order valence-electron chi connectivity index (χ1n) is 9.20. The molecular weight excluding hydrogens is 352 g/mol. The number of methoxy groups -OCH3 is 1.